The van der Waals surface area contributed by atoms with E-state index in [0.717, 1.165) is 19.6 Å². The van der Waals surface area contributed by atoms with E-state index in [2.05, 4.69) is 15.5 Å². The second-order valence-corrected chi connectivity index (χ2v) is 9.84. The summed E-state index contributed by atoms with van der Waals surface area (Å²) < 4.78 is 36.8. The Morgan fingerprint density at radius 1 is 1.06 bits per heavy atom. The van der Waals surface area contributed by atoms with E-state index in [1.807, 2.05) is 0 Å². The quantitative estimate of drug-likeness (QED) is 0.409. The standard InChI is InChI=1S/C21H26ClN3O6S/c22-16-4-6-17(7-5-16)32(28,29)19(18-3-1-12-31-18)15-24-21(27)20(26)23-8-2-9-25-10-13-30-14-11-25/h1,3-7,12,19H,2,8-11,13-15H2,(H,23,26)(H,24,27)/t19-/m0/s1. The number of rotatable bonds is 9. The van der Waals surface area contributed by atoms with Gasteiger partial charge >= 0.3 is 11.8 Å². The van der Waals surface area contributed by atoms with Crippen molar-refractivity contribution in [2.75, 3.05) is 45.9 Å². The number of carbonyl (C=O) groups is 2. The summed E-state index contributed by atoms with van der Waals surface area (Å²) >= 11 is 5.85. The molecule has 1 saturated heterocycles. The van der Waals surface area contributed by atoms with Crippen molar-refractivity contribution in [2.45, 2.75) is 16.6 Å². The van der Waals surface area contributed by atoms with Gasteiger partial charge in [-0.05, 0) is 49.4 Å². The zero-order valence-corrected chi connectivity index (χ0v) is 19.0. The van der Waals surface area contributed by atoms with Gasteiger partial charge in [-0.15, -0.1) is 0 Å². The van der Waals surface area contributed by atoms with Crippen LogP contribution in [0.1, 0.15) is 17.4 Å². The van der Waals surface area contributed by atoms with Crippen molar-refractivity contribution in [1.29, 1.82) is 0 Å². The summed E-state index contributed by atoms with van der Waals surface area (Å²) in [6, 6.07) is 8.78. The number of hydrogen-bond acceptors (Lipinski definition) is 7. The molecule has 1 fully saturated rings. The Morgan fingerprint density at radius 3 is 2.41 bits per heavy atom. The first-order chi connectivity index (χ1) is 15.4. The van der Waals surface area contributed by atoms with Gasteiger partial charge in [0.15, 0.2) is 9.84 Å². The Kier molecular flexibility index (Phi) is 8.68. The van der Waals surface area contributed by atoms with E-state index in [4.69, 9.17) is 20.8 Å². The topological polar surface area (TPSA) is 118 Å². The maximum atomic E-state index is 13.1. The third-order valence-electron chi connectivity index (χ3n) is 5.07. The molecule has 0 radical (unpaired) electrons. The molecule has 1 aromatic carbocycles. The first-order valence-corrected chi connectivity index (χ1v) is 12.2. The minimum Gasteiger partial charge on any atom is -0.468 e. The van der Waals surface area contributed by atoms with Gasteiger partial charge < -0.3 is 19.8 Å². The lowest BCUT2D eigenvalue weighted by atomic mass is 10.3. The van der Waals surface area contributed by atoms with Crippen molar-refractivity contribution < 1.29 is 27.2 Å². The number of furan rings is 1. The van der Waals surface area contributed by atoms with Crippen molar-refractivity contribution in [3.05, 3.63) is 53.4 Å². The molecule has 0 saturated carbocycles. The molecule has 1 aliphatic rings. The van der Waals surface area contributed by atoms with Crippen molar-refractivity contribution >= 4 is 33.3 Å². The number of amides is 2. The normalized spacial score (nSPS) is 15.8. The fourth-order valence-corrected chi connectivity index (χ4v) is 5.01. The van der Waals surface area contributed by atoms with E-state index in [1.165, 1.54) is 36.6 Å². The first kappa shape index (κ1) is 24.2. The van der Waals surface area contributed by atoms with Crippen LogP contribution in [0.5, 0.6) is 0 Å². The number of carbonyl (C=O) groups excluding carboxylic acids is 2. The third kappa shape index (κ3) is 6.55. The third-order valence-corrected chi connectivity index (χ3v) is 7.40. The van der Waals surface area contributed by atoms with Crippen molar-refractivity contribution in [1.82, 2.24) is 15.5 Å². The summed E-state index contributed by atoms with van der Waals surface area (Å²) in [5, 5.41) is 4.17. The maximum Gasteiger partial charge on any atom is 0.309 e. The molecule has 2 amide bonds. The molecule has 1 aromatic heterocycles. The number of halogens is 1. The van der Waals surface area contributed by atoms with Crippen LogP contribution in [0.25, 0.3) is 0 Å². The Hall–Kier alpha value is -2.40. The van der Waals surface area contributed by atoms with Gasteiger partial charge in [0, 0.05) is 31.2 Å². The van der Waals surface area contributed by atoms with Gasteiger partial charge in [0.2, 0.25) is 0 Å². The monoisotopic (exact) mass is 483 g/mol. The van der Waals surface area contributed by atoms with Crippen LogP contribution in [-0.2, 0) is 24.2 Å². The highest BCUT2D eigenvalue weighted by atomic mass is 35.5. The van der Waals surface area contributed by atoms with Crippen molar-refractivity contribution in [3.8, 4) is 0 Å². The molecule has 0 spiro atoms. The molecular formula is C21H26ClN3O6S. The Balaban J connectivity index is 1.54. The number of sulfone groups is 1. The van der Waals surface area contributed by atoms with E-state index in [1.54, 1.807) is 6.07 Å². The number of hydrogen-bond donors (Lipinski definition) is 2. The first-order valence-electron chi connectivity index (χ1n) is 10.3. The van der Waals surface area contributed by atoms with E-state index < -0.39 is 26.9 Å². The molecule has 0 bridgehead atoms. The highest BCUT2D eigenvalue weighted by molar-refractivity contribution is 7.91. The molecule has 11 heteroatoms. The molecular weight excluding hydrogens is 458 g/mol. The highest BCUT2D eigenvalue weighted by Gasteiger charge is 2.32. The maximum absolute atomic E-state index is 13.1. The smallest absolute Gasteiger partial charge is 0.309 e. The minimum absolute atomic E-state index is 0.0325. The summed E-state index contributed by atoms with van der Waals surface area (Å²) in [4.78, 5) is 26.6. The summed E-state index contributed by atoms with van der Waals surface area (Å²) in [6.45, 7) is 3.92. The Morgan fingerprint density at radius 2 is 1.75 bits per heavy atom. The van der Waals surface area contributed by atoms with Gasteiger partial charge in [-0.3, -0.25) is 14.5 Å². The zero-order chi connectivity index (χ0) is 23.0. The van der Waals surface area contributed by atoms with Gasteiger partial charge in [-0.1, -0.05) is 11.6 Å². The van der Waals surface area contributed by atoms with E-state index >= 15 is 0 Å². The summed E-state index contributed by atoms with van der Waals surface area (Å²) in [5.74, 6) is -1.56. The molecule has 1 aliphatic heterocycles. The molecule has 2 aromatic rings. The average molecular weight is 484 g/mol. The summed E-state index contributed by atoms with van der Waals surface area (Å²) in [5.41, 5.74) is 0. The Labute approximate surface area is 192 Å². The van der Waals surface area contributed by atoms with Crippen LogP contribution in [0.15, 0.2) is 52.0 Å². The van der Waals surface area contributed by atoms with Crippen molar-refractivity contribution in [2.24, 2.45) is 0 Å². The SMILES string of the molecule is O=C(NCCCN1CCOCC1)C(=O)NC[C@@H](c1ccco1)S(=O)(=O)c1ccc(Cl)cc1. The number of nitrogens with zero attached hydrogens (tertiary/aromatic N) is 1. The molecule has 9 nitrogen and oxygen atoms in total. The molecule has 32 heavy (non-hydrogen) atoms. The summed E-state index contributed by atoms with van der Waals surface area (Å²) in [6.07, 6.45) is 2.04. The van der Waals surface area contributed by atoms with Crippen LogP contribution in [0.4, 0.5) is 0 Å². The molecule has 2 N–H and O–H groups in total. The highest BCUT2D eigenvalue weighted by Crippen LogP contribution is 2.29. The van der Waals surface area contributed by atoms with Gasteiger partial charge in [0.05, 0.1) is 24.4 Å². The number of benzene rings is 1. The van der Waals surface area contributed by atoms with Gasteiger partial charge in [0.1, 0.15) is 11.0 Å². The van der Waals surface area contributed by atoms with Crippen LogP contribution in [0, 0.1) is 0 Å². The van der Waals surface area contributed by atoms with Gasteiger partial charge in [0.25, 0.3) is 0 Å². The average Bonchev–Trinajstić information content (AvgIpc) is 3.32. The predicted octanol–water partition coefficient (Wildman–Crippen LogP) is 1.40. The van der Waals surface area contributed by atoms with E-state index in [-0.39, 0.29) is 17.2 Å². The predicted molar refractivity (Wildman–Crippen MR) is 118 cm³/mol. The van der Waals surface area contributed by atoms with Crippen LogP contribution in [-0.4, -0.2) is 71.1 Å². The van der Waals surface area contributed by atoms with Gasteiger partial charge in [-0.25, -0.2) is 8.42 Å². The van der Waals surface area contributed by atoms with Crippen LogP contribution < -0.4 is 10.6 Å². The molecule has 1 atom stereocenters. The Bertz CT molecular complexity index is 989. The van der Waals surface area contributed by atoms with Gasteiger partial charge in [-0.2, -0.15) is 0 Å². The fraction of sp³-hybridized carbons (Fsp3) is 0.429. The minimum atomic E-state index is -3.91. The van der Waals surface area contributed by atoms with Crippen LogP contribution in [0.2, 0.25) is 5.02 Å². The van der Waals surface area contributed by atoms with E-state index in [9.17, 15) is 18.0 Å². The largest absolute Gasteiger partial charge is 0.468 e. The summed E-state index contributed by atoms with van der Waals surface area (Å²) in [7, 11) is -3.91. The lowest BCUT2D eigenvalue weighted by Crippen LogP contribution is -2.43. The molecule has 0 unspecified atom stereocenters. The molecule has 0 aliphatic carbocycles. The number of ether oxygens (including phenoxy) is 1. The second kappa shape index (κ2) is 11.5. The van der Waals surface area contributed by atoms with Crippen molar-refractivity contribution in [3.63, 3.8) is 0 Å². The number of morpholine rings is 1. The van der Waals surface area contributed by atoms with E-state index in [0.29, 0.717) is 31.2 Å². The zero-order valence-electron chi connectivity index (χ0n) is 17.5. The molecule has 3 rings (SSSR count). The van der Waals surface area contributed by atoms with Crippen LogP contribution >= 0.6 is 11.6 Å². The lowest BCUT2D eigenvalue weighted by molar-refractivity contribution is -0.139. The lowest BCUT2D eigenvalue weighted by Gasteiger charge is -2.26. The van der Waals surface area contributed by atoms with Crippen LogP contribution in [0.3, 0.4) is 0 Å². The molecule has 2 heterocycles. The molecule has 174 valence electrons. The fourth-order valence-electron chi connectivity index (χ4n) is 3.30. The second-order valence-electron chi connectivity index (χ2n) is 7.28. The number of nitrogens with one attached hydrogen (secondary N) is 2.